The summed E-state index contributed by atoms with van der Waals surface area (Å²) in [5, 5.41) is 12.6. The molecule has 9 heteroatoms. The first-order chi connectivity index (χ1) is 14.0. The van der Waals surface area contributed by atoms with Gasteiger partial charge in [-0.3, -0.25) is 10.0 Å². The van der Waals surface area contributed by atoms with Gasteiger partial charge in [0.1, 0.15) is 17.4 Å². The van der Waals surface area contributed by atoms with E-state index in [0.29, 0.717) is 16.7 Å². The van der Waals surface area contributed by atoms with Gasteiger partial charge in [-0.25, -0.2) is 5.48 Å². The van der Waals surface area contributed by atoms with E-state index in [9.17, 15) is 4.79 Å². The Labute approximate surface area is 180 Å². The second-order valence-electron chi connectivity index (χ2n) is 6.16. The molecule has 0 aromatic heterocycles. The zero-order chi connectivity index (χ0) is 21.2. The Bertz CT molecular complexity index is 798. The largest absolute Gasteiger partial charge is 0.493 e. The summed E-state index contributed by atoms with van der Waals surface area (Å²) >= 11 is 9.88. The Hall–Kier alpha value is -2.13. The highest BCUT2D eigenvalue weighted by Gasteiger charge is 2.19. The first-order valence-corrected chi connectivity index (χ1v) is 9.84. The molecule has 0 aliphatic carbocycles. The maximum atomic E-state index is 11.3. The number of benzene rings is 2. The molecule has 1 saturated heterocycles. The van der Waals surface area contributed by atoms with Crippen LogP contribution in [0.1, 0.15) is 23.2 Å². The third kappa shape index (κ3) is 6.71. The van der Waals surface area contributed by atoms with Crippen molar-refractivity contribution in [2.45, 2.75) is 23.8 Å². The summed E-state index contributed by atoms with van der Waals surface area (Å²) in [7, 11) is 2.86. The molecule has 158 valence electrons. The molecule has 0 radical (unpaired) electrons. The molecule has 1 aliphatic heterocycles. The number of rotatable bonds is 5. The molecule has 0 saturated carbocycles. The summed E-state index contributed by atoms with van der Waals surface area (Å²) in [5.41, 5.74) is 1.65. The molecular formula is C20H25ClN2O5S. The van der Waals surface area contributed by atoms with Crippen LogP contribution in [-0.4, -0.2) is 44.5 Å². The van der Waals surface area contributed by atoms with Crippen LogP contribution in [0.25, 0.3) is 0 Å². The Balaban J connectivity index is 0.000000207. The van der Waals surface area contributed by atoms with Crippen molar-refractivity contribution >= 4 is 30.1 Å². The fourth-order valence-electron chi connectivity index (χ4n) is 2.81. The van der Waals surface area contributed by atoms with E-state index < -0.39 is 5.91 Å². The van der Waals surface area contributed by atoms with Crippen molar-refractivity contribution in [1.82, 2.24) is 10.8 Å². The van der Waals surface area contributed by atoms with Crippen LogP contribution < -0.4 is 25.0 Å². The lowest BCUT2D eigenvalue weighted by atomic mass is 10.1. The van der Waals surface area contributed by atoms with Crippen molar-refractivity contribution in [3.63, 3.8) is 0 Å². The number of methoxy groups -OCH3 is 2. The first kappa shape index (κ1) is 23.2. The predicted octanol–water partition coefficient (Wildman–Crippen LogP) is 3.58. The number of hydrogen-bond acceptors (Lipinski definition) is 7. The van der Waals surface area contributed by atoms with E-state index in [-0.39, 0.29) is 11.3 Å². The molecule has 2 aromatic rings. The number of amides is 1. The first-order valence-electron chi connectivity index (χ1n) is 9.01. The number of carbonyl (C=O) groups excluding carboxylic acids is 1. The summed E-state index contributed by atoms with van der Waals surface area (Å²) in [6.45, 7) is 2.11. The second kappa shape index (κ2) is 11.8. The van der Waals surface area contributed by atoms with Crippen molar-refractivity contribution in [2.75, 3.05) is 27.3 Å². The van der Waals surface area contributed by atoms with Crippen LogP contribution in [0, 0.1) is 0 Å². The maximum Gasteiger partial charge on any atom is 0.279 e. The highest BCUT2D eigenvalue weighted by Crippen LogP contribution is 2.34. The van der Waals surface area contributed by atoms with Gasteiger partial charge in [0.2, 0.25) is 0 Å². The number of hydroxylamine groups is 1. The monoisotopic (exact) mass is 440 g/mol. The lowest BCUT2D eigenvalue weighted by molar-refractivity contribution is 0.0699. The van der Waals surface area contributed by atoms with E-state index >= 15 is 0 Å². The minimum atomic E-state index is -0.698. The van der Waals surface area contributed by atoms with Gasteiger partial charge < -0.3 is 19.5 Å². The number of nitrogens with one attached hydrogen (secondary N) is 2. The fraction of sp³-hybridized carbons (Fsp3) is 0.350. The van der Waals surface area contributed by atoms with Crippen molar-refractivity contribution in [3.05, 3.63) is 47.0 Å². The van der Waals surface area contributed by atoms with Crippen LogP contribution in [0.3, 0.4) is 0 Å². The van der Waals surface area contributed by atoms with Crippen molar-refractivity contribution in [3.8, 4) is 17.2 Å². The summed E-state index contributed by atoms with van der Waals surface area (Å²) in [6.07, 6.45) is 2.53. The summed E-state index contributed by atoms with van der Waals surface area (Å²) in [6, 6.07) is 10.8. The molecule has 0 bridgehead atoms. The average molecular weight is 441 g/mol. The van der Waals surface area contributed by atoms with Crippen LogP contribution in [0.5, 0.6) is 17.2 Å². The minimum absolute atomic E-state index is 0.127. The Morgan fingerprint density at radius 1 is 1.14 bits per heavy atom. The molecule has 3 rings (SSSR count). The topological polar surface area (TPSA) is 89.1 Å². The molecule has 7 nitrogen and oxygen atoms in total. The quantitative estimate of drug-likeness (QED) is 0.323. The van der Waals surface area contributed by atoms with E-state index in [1.54, 1.807) is 12.1 Å². The maximum absolute atomic E-state index is 11.3. The minimum Gasteiger partial charge on any atom is -0.493 e. The summed E-state index contributed by atoms with van der Waals surface area (Å²) < 4.78 is 15.8. The van der Waals surface area contributed by atoms with Gasteiger partial charge in [-0.1, -0.05) is 11.6 Å². The number of halogens is 1. The molecule has 0 spiro atoms. The molecule has 1 amide bonds. The zero-order valence-electron chi connectivity index (χ0n) is 16.3. The molecule has 3 N–H and O–H groups in total. The van der Waals surface area contributed by atoms with Gasteiger partial charge in [-0.2, -0.15) is 0 Å². The van der Waals surface area contributed by atoms with Crippen LogP contribution in [0.4, 0.5) is 0 Å². The van der Waals surface area contributed by atoms with Gasteiger partial charge in [0, 0.05) is 9.92 Å². The molecule has 1 fully saturated rings. The fourth-order valence-corrected chi connectivity index (χ4v) is 3.21. The molecule has 0 unspecified atom stereocenters. The number of ether oxygens (including phenoxy) is 3. The molecule has 1 heterocycles. The predicted molar refractivity (Wildman–Crippen MR) is 114 cm³/mol. The van der Waals surface area contributed by atoms with Crippen molar-refractivity contribution in [1.29, 1.82) is 0 Å². The van der Waals surface area contributed by atoms with E-state index in [2.05, 4.69) is 17.9 Å². The standard InChI is InChI=1S/C11H14ClNO.C9H11NO4S/c12-9-1-3-10(4-2-9)14-11-5-7-13-8-6-11;1-13-5-3-4-6(15)7(8(5)14-2)9(11)10-12/h1-4,11,13H,5-8H2;3-4,12,15H,1-2H3,(H,10,11). The average Bonchev–Trinajstić information content (AvgIpc) is 2.75. The summed E-state index contributed by atoms with van der Waals surface area (Å²) in [4.78, 5) is 11.7. The van der Waals surface area contributed by atoms with E-state index in [1.807, 2.05) is 24.3 Å². The Kier molecular flexibility index (Phi) is 9.40. The normalized spacial score (nSPS) is 13.7. The zero-order valence-corrected chi connectivity index (χ0v) is 17.9. The smallest absolute Gasteiger partial charge is 0.279 e. The third-order valence-electron chi connectivity index (χ3n) is 4.25. The van der Waals surface area contributed by atoms with Crippen LogP contribution in [-0.2, 0) is 0 Å². The van der Waals surface area contributed by atoms with E-state index in [0.717, 1.165) is 36.7 Å². The van der Waals surface area contributed by atoms with Crippen LogP contribution in [0.15, 0.2) is 41.3 Å². The molecule has 1 aliphatic rings. The lowest BCUT2D eigenvalue weighted by Crippen LogP contribution is -2.34. The highest BCUT2D eigenvalue weighted by molar-refractivity contribution is 7.80. The molecule has 29 heavy (non-hydrogen) atoms. The van der Waals surface area contributed by atoms with E-state index in [1.165, 1.54) is 19.7 Å². The van der Waals surface area contributed by atoms with Gasteiger partial charge >= 0.3 is 0 Å². The van der Waals surface area contributed by atoms with Crippen molar-refractivity contribution < 1.29 is 24.2 Å². The second-order valence-corrected chi connectivity index (χ2v) is 7.08. The highest BCUT2D eigenvalue weighted by atomic mass is 35.5. The number of piperidine rings is 1. The van der Waals surface area contributed by atoms with Crippen LogP contribution >= 0.6 is 24.2 Å². The van der Waals surface area contributed by atoms with Crippen molar-refractivity contribution in [2.24, 2.45) is 0 Å². The lowest BCUT2D eigenvalue weighted by Gasteiger charge is -2.23. The number of hydrogen-bond donors (Lipinski definition) is 4. The van der Waals surface area contributed by atoms with Gasteiger partial charge in [0.25, 0.3) is 5.91 Å². The Morgan fingerprint density at radius 3 is 2.34 bits per heavy atom. The Morgan fingerprint density at radius 2 is 1.79 bits per heavy atom. The van der Waals surface area contributed by atoms with Crippen LogP contribution in [0.2, 0.25) is 5.02 Å². The van der Waals surface area contributed by atoms with Gasteiger partial charge in [-0.15, -0.1) is 12.6 Å². The number of thiol groups is 1. The molecule has 0 atom stereocenters. The third-order valence-corrected chi connectivity index (χ3v) is 4.88. The van der Waals surface area contributed by atoms with Gasteiger partial charge in [0.15, 0.2) is 11.5 Å². The van der Waals surface area contributed by atoms with Gasteiger partial charge in [-0.05, 0) is 62.3 Å². The molecule has 2 aromatic carbocycles. The summed E-state index contributed by atoms with van der Waals surface area (Å²) in [5.74, 6) is 0.850. The van der Waals surface area contributed by atoms with Gasteiger partial charge in [0.05, 0.1) is 14.2 Å². The SMILES string of the molecule is COc1ccc(S)c(C(=O)NO)c1OC.Clc1ccc(OC2CCNCC2)cc1. The number of carbonyl (C=O) groups is 1. The van der Waals surface area contributed by atoms with E-state index in [4.69, 9.17) is 31.0 Å². The molecular weight excluding hydrogens is 416 g/mol.